The first-order chi connectivity index (χ1) is 13.4. The van der Waals surface area contributed by atoms with Gasteiger partial charge in [0.25, 0.3) is 0 Å². The summed E-state index contributed by atoms with van der Waals surface area (Å²) in [5.74, 6) is 2.41. The first-order valence-electron chi connectivity index (χ1n) is 10.1. The van der Waals surface area contributed by atoms with Gasteiger partial charge in [-0.25, -0.2) is 0 Å². The SMILES string of the molecule is C1=C[C@H]2CC1CC2C[P+](c1ccccc1)(c1ccccc1)c1ccccc1. The van der Waals surface area contributed by atoms with Crippen LogP contribution in [0.15, 0.2) is 103 Å². The Morgan fingerprint density at radius 2 is 1.07 bits per heavy atom. The van der Waals surface area contributed by atoms with Gasteiger partial charge in [0.1, 0.15) is 23.2 Å². The van der Waals surface area contributed by atoms with Crippen molar-refractivity contribution in [3.05, 3.63) is 103 Å². The molecule has 0 N–H and O–H groups in total. The van der Waals surface area contributed by atoms with E-state index >= 15 is 0 Å². The van der Waals surface area contributed by atoms with Crippen LogP contribution in [-0.2, 0) is 0 Å². The highest BCUT2D eigenvalue weighted by Gasteiger charge is 2.50. The second kappa shape index (κ2) is 7.10. The van der Waals surface area contributed by atoms with Gasteiger partial charge < -0.3 is 0 Å². The molecule has 2 unspecified atom stereocenters. The molecule has 0 saturated heterocycles. The van der Waals surface area contributed by atoms with Gasteiger partial charge in [0, 0.05) is 5.92 Å². The van der Waals surface area contributed by atoms with Crippen LogP contribution in [0, 0.1) is 17.8 Å². The summed E-state index contributed by atoms with van der Waals surface area (Å²) in [6.45, 7) is 0. The van der Waals surface area contributed by atoms with Crippen molar-refractivity contribution < 1.29 is 0 Å². The Balaban J connectivity index is 1.71. The summed E-state index contributed by atoms with van der Waals surface area (Å²) in [5, 5.41) is 4.57. The van der Waals surface area contributed by atoms with Crippen molar-refractivity contribution in [3.63, 3.8) is 0 Å². The third-order valence-corrected chi connectivity index (χ3v) is 11.1. The minimum absolute atomic E-state index is 0.783. The molecule has 27 heavy (non-hydrogen) atoms. The molecule has 3 atom stereocenters. The summed E-state index contributed by atoms with van der Waals surface area (Å²) in [6, 6.07) is 34.0. The van der Waals surface area contributed by atoms with Gasteiger partial charge in [-0.2, -0.15) is 0 Å². The number of allylic oxidation sites excluding steroid dienone is 2. The van der Waals surface area contributed by atoms with Crippen LogP contribution < -0.4 is 15.9 Å². The Kier molecular flexibility index (Phi) is 4.46. The summed E-state index contributed by atoms with van der Waals surface area (Å²) in [6.07, 6.45) is 9.01. The van der Waals surface area contributed by atoms with E-state index in [9.17, 15) is 0 Å². The van der Waals surface area contributed by atoms with Crippen LogP contribution in [0.5, 0.6) is 0 Å². The topological polar surface area (TPSA) is 0 Å². The minimum atomic E-state index is -1.67. The smallest absolute Gasteiger partial charge is 0.0851 e. The van der Waals surface area contributed by atoms with Crippen molar-refractivity contribution in [2.45, 2.75) is 12.8 Å². The van der Waals surface area contributed by atoms with Gasteiger partial charge in [-0.05, 0) is 61.1 Å². The molecule has 2 aliphatic carbocycles. The van der Waals surface area contributed by atoms with Crippen molar-refractivity contribution in [1.29, 1.82) is 0 Å². The fourth-order valence-electron chi connectivity index (χ4n) is 5.27. The number of benzene rings is 3. The van der Waals surface area contributed by atoms with E-state index in [0.29, 0.717) is 0 Å². The second-order valence-electron chi connectivity index (χ2n) is 8.04. The van der Waals surface area contributed by atoms with E-state index in [1.54, 1.807) is 0 Å². The van der Waals surface area contributed by atoms with Crippen LogP contribution in [0.4, 0.5) is 0 Å². The van der Waals surface area contributed by atoms with Crippen LogP contribution in [-0.4, -0.2) is 6.16 Å². The summed E-state index contributed by atoms with van der Waals surface area (Å²) in [4.78, 5) is 0. The molecule has 1 saturated carbocycles. The second-order valence-corrected chi connectivity index (χ2v) is 11.6. The number of hydrogen-bond donors (Lipinski definition) is 0. The minimum Gasteiger partial charge on any atom is -0.0851 e. The van der Waals surface area contributed by atoms with Gasteiger partial charge in [0.2, 0.25) is 0 Å². The molecule has 1 heteroatoms. The largest absolute Gasteiger partial charge is 0.112 e. The third kappa shape index (κ3) is 2.97. The number of hydrogen-bond acceptors (Lipinski definition) is 0. The van der Waals surface area contributed by atoms with E-state index in [1.807, 2.05) is 0 Å². The summed E-state index contributed by atoms with van der Waals surface area (Å²) < 4.78 is 0. The van der Waals surface area contributed by atoms with E-state index < -0.39 is 7.26 Å². The molecule has 2 bridgehead atoms. The Bertz CT molecular complexity index is 818. The van der Waals surface area contributed by atoms with Crippen LogP contribution in [0.25, 0.3) is 0 Å². The Morgan fingerprint density at radius 3 is 1.44 bits per heavy atom. The molecule has 5 rings (SSSR count). The highest BCUT2D eigenvalue weighted by atomic mass is 31.2. The molecule has 3 aromatic rings. The van der Waals surface area contributed by atoms with E-state index in [0.717, 1.165) is 17.8 Å². The molecule has 0 nitrogen and oxygen atoms in total. The van der Waals surface area contributed by atoms with E-state index in [4.69, 9.17) is 0 Å². The van der Waals surface area contributed by atoms with Gasteiger partial charge in [0.15, 0.2) is 0 Å². The average Bonchev–Trinajstić information content (AvgIpc) is 3.37. The zero-order chi connectivity index (χ0) is 18.1. The Labute approximate surface area is 163 Å². The van der Waals surface area contributed by atoms with Crippen molar-refractivity contribution in [2.75, 3.05) is 6.16 Å². The lowest BCUT2D eigenvalue weighted by molar-refractivity contribution is 0.499. The highest BCUT2D eigenvalue weighted by molar-refractivity contribution is 7.95. The summed E-state index contributed by atoms with van der Waals surface area (Å²) in [5.41, 5.74) is 0. The molecular weight excluding hydrogens is 343 g/mol. The first kappa shape index (κ1) is 17.0. The van der Waals surface area contributed by atoms with Gasteiger partial charge in [-0.3, -0.25) is 0 Å². The number of rotatable bonds is 5. The maximum Gasteiger partial charge on any atom is 0.112 e. The van der Waals surface area contributed by atoms with Gasteiger partial charge in [0.05, 0.1) is 6.16 Å². The van der Waals surface area contributed by atoms with Gasteiger partial charge in [-0.15, -0.1) is 0 Å². The van der Waals surface area contributed by atoms with Crippen molar-refractivity contribution >= 4 is 23.2 Å². The molecule has 0 amide bonds. The van der Waals surface area contributed by atoms with Crippen LogP contribution >= 0.6 is 7.26 Å². The van der Waals surface area contributed by atoms with Gasteiger partial charge in [-0.1, -0.05) is 66.7 Å². The first-order valence-corrected chi connectivity index (χ1v) is 12.1. The van der Waals surface area contributed by atoms with E-state index in [-0.39, 0.29) is 0 Å². The molecule has 2 aliphatic rings. The van der Waals surface area contributed by atoms with E-state index in [2.05, 4.69) is 103 Å². The molecule has 134 valence electrons. The summed E-state index contributed by atoms with van der Waals surface area (Å²) in [7, 11) is -1.67. The fraction of sp³-hybridized carbons (Fsp3) is 0.231. The molecule has 3 aromatic carbocycles. The predicted molar refractivity (Wildman–Crippen MR) is 119 cm³/mol. The molecule has 0 aliphatic heterocycles. The predicted octanol–water partition coefficient (Wildman–Crippen LogP) is 5.19. The van der Waals surface area contributed by atoms with Crippen LogP contribution in [0.3, 0.4) is 0 Å². The third-order valence-electron chi connectivity index (χ3n) is 6.52. The maximum atomic E-state index is 2.51. The van der Waals surface area contributed by atoms with Gasteiger partial charge >= 0.3 is 0 Å². The molecule has 0 radical (unpaired) electrons. The standard InChI is InChI=1S/C26H26P/c1-4-10-24(11-5-1)27(25-12-6-2-7-13-25,26-14-8-3-9-15-26)20-23-19-21-16-17-22(23)18-21/h1-17,21-23H,18-20H2/q+1/t21?,22-,23?/m0/s1. The number of fused-ring (bicyclic) bond motifs is 2. The normalized spacial score (nSPS) is 23.6. The fourth-order valence-corrected chi connectivity index (χ4v) is 9.96. The molecule has 1 fully saturated rings. The lowest BCUT2D eigenvalue weighted by Crippen LogP contribution is -2.36. The molecular formula is C26H26P+. The highest BCUT2D eigenvalue weighted by Crippen LogP contribution is 2.60. The quantitative estimate of drug-likeness (QED) is 0.429. The monoisotopic (exact) mass is 369 g/mol. The Morgan fingerprint density at radius 1 is 0.593 bits per heavy atom. The van der Waals surface area contributed by atoms with E-state index in [1.165, 1.54) is 34.9 Å². The Hall–Kier alpha value is -2.17. The zero-order valence-corrected chi connectivity index (χ0v) is 16.5. The average molecular weight is 369 g/mol. The van der Waals surface area contributed by atoms with Crippen molar-refractivity contribution in [3.8, 4) is 0 Å². The zero-order valence-electron chi connectivity index (χ0n) is 15.6. The van der Waals surface area contributed by atoms with Crippen LogP contribution in [0.2, 0.25) is 0 Å². The maximum absolute atomic E-state index is 2.51. The van der Waals surface area contributed by atoms with Crippen molar-refractivity contribution in [2.24, 2.45) is 17.8 Å². The summed E-state index contributed by atoms with van der Waals surface area (Å²) >= 11 is 0. The van der Waals surface area contributed by atoms with Crippen LogP contribution in [0.1, 0.15) is 12.8 Å². The lowest BCUT2D eigenvalue weighted by atomic mass is 9.96. The van der Waals surface area contributed by atoms with Crippen molar-refractivity contribution in [1.82, 2.24) is 0 Å². The molecule has 0 heterocycles. The molecule has 0 spiro atoms. The molecule has 0 aromatic heterocycles. The lowest BCUT2D eigenvalue weighted by Gasteiger charge is -2.31.